The van der Waals surface area contributed by atoms with Gasteiger partial charge in [0, 0.05) is 51.3 Å². The molecule has 3 aliphatic rings. The maximum Gasteiger partial charge on any atom is 0.409 e. The van der Waals surface area contributed by atoms with Gasteiger partial charge < -0.3 is 38.6 Å². The number of rotatable bonds is 9. The van der Waals surface area contributed by atoms with Crippen LogP contribution in [0.25, 0.3) is 0 Å². The van der Waals surface area contributed by atoms with Crippen LogP contribution in [-0.2, 0) is 39.8 Å². The number of anilines is 1. The maximum atomic E-state index is 14.2. The van der Waals surface area contributed by atoms with Gasteiger partial charge in [-0.05, 0) is 57.1 Å². The van der Waals surface area contributed by atoms with E-state index in [2.05, 4.69) is 19.2 Å². The monoisotopic (exact) mass is 759 g/mol. The van der Waals surface area contributed by atoms with E-state index in [1.165, 1.54) is 16.9 Å². The second-order valence-corrected chi connectivity index (χ2v) is 16.6. The van der Waals surface area contributed by atoms with Crippen molar-refractivity contribution in [1.29, 1.82) is 0 Å². The third-order valence-electron chi connectivity index (χ3n) is 10.6. The number of thioether (sulfide) groups is 1. The van der Waals surface area contributed by atoms with Gasteiger partial charge in [0.2, 0.25) is 11.8 Å². The Morgan fingerprint density at radius 3 is 2.53 bits per heavy atom. The van der Waals surface area contributed by atoms with E-state index in [0.29, 0.717) is 28.9 Å². The molecule has 1 aromatic carbocycles. The topological polar surface area (TPSA) is 156 Å². The minimum Gasteiger partial charge on any atom is -0.496 e. The molecular formula is C39H57N3O10S. The highest BCUT2D eigenvalue weighted by Gasteiger charge is 2.64. The number of carbonyl (C=O) groups excluding carboxylic acids is 4. The number of likely N-dealkylation sites (N-methyl/N-ethyl adjacent to an activating group) is 1. The smallest absolute Gasteiger partial charge is 0.409 e. The Morgan fingerprint density at radius 2 is 1.89 bits per heavy atom. The van der Waals surface area contributed by atoms with Crippen molar-refractivity contribution < 1.29 is 48.0 Å². The summed E-state index contributed by atoms with van der Waals surface area (Å²) in [5.41, 5.74) is 0.286. The summed E-state index contributed by atoms with van der Waals surface area (Å²) in [5.74, 6) is -0.484. The van der Waals surface area contributed by atoms with Gasteiger partial charge in [-0.1, -0.05) is 44.6 Å². The number of aliphatic hydroxyl groups is 1. The van der Waals surface area contributed by atoms with E-state index >= 15 is 0 Å². The summed E-state index contributed by atoms with van der Waals surface area (Å²) in [6.07, 6.45) is 1.60. The molecule has 13 nitrogen and oxygen atoms in total. The fourth-order valence-electron chi connectivity index (χ4n) is 7.03. The number of carbonyl (C=O) groups is 4. The summed E-state index contributed by atoms with van der Waals surface area (Å²) < 4.78 is 29.5. The molecular weight excluding hydrogens is 703 g/mol. The van der Waals surface area contributed by atoms with Crippen molar-refractivity contribution in [1.82, 2.24) is 10.2 Å². The van der Waals surface area contributed by atoms with Gasteiger partial charge in [0.15, 0.2) is 5.72 Å². The van der Waals surface area contributed by atoms with Gasteiger partial charge in [0.05, 0.1) is 25.3 Å². The van der Waals surface area contributed by atoms with Gasteiger partial charge >= 0.3 is 12.1 Å². The van der Waals surface area contributed by atoms with Crippen LogP contribution in [0.15, 0.2) is 35.9 Å². The number of ether oxygens (including phenoxy) is 5. The van der Waals surface area contributed by atoms with Gasteiger partial charge in [-0.25, -0.2) is 9.59 Å². The fraction of sp³-hybridized carbons (Fsp3) is 0.641. The number of methoxy groups -OCH3 is 2. The Morgan fingerprint density at radius 1 is 1.19 bits per heavy atom. The zero-order valence-electron chi connectivity index (χ0n) is 32.9. The molecule has 0 aromatic heterocycles. The Labute approximate surface area is 317 Å². The lowest BCUT2D eigenvalue weighted by atomic mass is 9.83. The summed E-state index contributed by atoms with van der Waals surface area (Å²) in [4.78, 5) is 56.7. The lowest BCUT2D eigenvalue weighted by molar-refractivity contribution is -0.162. The van der Waals surface area contributed by atoms with E-state index in [4.69, 9.17) is 23.7 Å². The third kappa shape index (κ3) is 9.75. The number of alkyl carbamates (subject to hydrolysis) is 1. The van der Waals surface area contributed by atoms with Crippen molar-refractivity contribution in [3.05, 3.63) is 47.1 Å². The Hall–Kier alpha value is -3.59. The van der Waals surface area contributed by atoms with Crippen molar-refractivity contribution in [2.45, 2.75) is 121 Å². The molecule has 0 unspecified atom stereocenters. The molecule has 4 rings (SSSR count). The number of fused-ring (bicyclic) bond motifs is 5. The summed E-state index contributed by atoms with van der Waals surface area (Å²) in [7, 11) is 6.26. The second-order valence-electron chi connectivity index (χ2n) is 14.9. The molecule has 3 amide bonds. The Kier molecular flexibility index (Phi) is 13.7. The molecule has 8 atom stereocenters. The van der Waals surface area contributed by atoms with Crippen molar-refractivity contribution in [3.63, 3.8) is 0 Å². The predicted octanol–water partition coefficient (Wildman–Crippen LogP) is 4.70. The van der Waals surface area contributed by atoms with Crippen LogP contribution < -0.4 is 15.0 Å². The number of epoxide rings is 1. The molecule has 2 saturated heterocycles. The first-order valence-electron chi connectivity index (χ1n) is 18.1. The first-order chi connectivity index (χ1) is 24.8. The minimum atomic E-state index is -1.81. The van der Waals surface area contributed by atoms with E-state index in [9.17, 15) is 24.3 Å². The largest absolute Gasteiger partial charge is 0.496 e. The molecule has 0 spiro atoms. The van der Waals surface area contributed by atoms with E-state index in [0.717, 1.165) is 16.7 Å². The number of hydrogen-bond acceptors (Lipinski definition) is 11. The molecule has 294 valence electrons. The van der Waals surface area contributed by atoms with Crippen LogP contribution in [0.4, 0.5) is 10.5 Å². The highest BCUT2D eigenvalue weighted by Crippen LogP contribution is 2.49. The average molecular weight is 760 g/mol. The Balaban J connectivity index is 1.73. The highest BCUT2D eigenvalue weighted by molar-refractivity contribution is 7.99. The third-order valence-corrected chi connectivity index (χ3v) is 11.7. The standard InChI is InChI=1S/C39H57N3O10S/c1-22(2)53-16-15-33(43)41(8)26(6)36(45)51-32-20-34(44)42(9)28-18-27(19-29(48-10)24(28)4)17-23(3)13-12-14-31(49-11)39(47)21-30(50-37(46)40-39)25(5)35-38(32,7)52-35/h12-14,18-19,22,25-26,30-32,35,47H,15-17,20-21H2,1-11H3,(H,40,46)/b14-12+,23-13+/t25-,26+,30+,31-,32+,35+,38+,39+/m1/s1. The van der Waals surface area contributed by atoms with Crippen LogP contribution in [0, 0.1) is 12.8 Å². The molecule has 4 bridgehead atoms. The van der Waals surface area contributed by atoms with Gasteiger partial charge in [-0.15, -0.1) is 0 Å². The molecule has 2 N–H and O–H groups in total. The van der Waals surface area contributed by atoms with Crippen LogP contribution in [-0.4, -0.2) is 115 Å². The zero-order valence-corrected chi connectivity index (χ0v) is 33.7. The first kappa shape index (κ1) is 42.2. The maximum absolute atomic E-state index is 14.2. The normalized spacial score (nSPS) is 31.3. The number of amides is 3. The molecule has 0 aliphatic carbocycles. The average Bonchev–Trinajstić information content (AvgIpc) is 3.79. The minimum absolute atomic E-state index is 0.0303. The van der Waals surface area contributed by atoms with Crippen molar-refractivity contribution in [3.8, 4) is 5.75 Å². The van der Waals surface area contributed by atoms with E-state index in [1.807, 2.05) is 39.0 Å². The highest BCUT2D eigenvalue weighted by atomic mass is 32.2. The molecule has 14 heteroatoms. The molecule has 0 radical (unpaired) electrons. The SMILES string of the molecule is COc1cc2cc(c1C)N(C)C(=O)C[C@H](OC(=O)[C@H](C)N(C)C(=O)CCSC(C)C)[C@]1(C)O[C@H]1[C@H](C)[C@@H]1C[C@@](O)(NC(=O)O1)[C@H](OC)/C=C/C=C(\C)C2. The molecule has 53 heavy (non-hydrogen) atoms. The number of nitrogens with one attached hydrogen (secondary N) is 1. The zero-order chi connectivity index (χ0) is 39.4. The lowest BCUT2D eigenvalue weighted by Crippen LogP contribution is -2.63. The van der Waals surface area contributed by atoms with Crippen LogP contribution in [0.5, 0.6) is 5.75 Å². The number of benzene rings is 1. The van der Waals surface area contributed by atoms with E-state index < -0.39 is 59.8 Å². The lowest BCUT2D eigenvalue weighted by Gasteiger charge is -2.42. The van der Waals surface area contributed by atoms with Crippen LogP contribution in [0.3, 0.4) is 0 Å². The number of allylic oxidation sites excluding steroid dienone is 3. The molecule has 2 fully saturated rings. The van der Waals surface area contributed by atoms with Crippen molar-refractivity contribution in [2.75, 3.05) is 39.0 Å². The Bertz CT molecular complexity index is 1600. The van der Waals surface area contributed by atoms with Gasteiger partial charge in [-0.2, -0.15) is 11.8 Å². The summed E-state index contributed by atoms with van der Waals surface area (Å²) in [5, 5.41) is 14.6. The fourth-order valence-corrected chi connectivity index (χ4v) is 7.80. The quantitative estimate of drug-likeness (QED) is 0.266. The van der Waals surface area contributed by atoms with Crippen LogP contribution >= 0.6 is 11.8 Å². The van der Waals surface area contributed by atoms with Crippen molar-refractivity contribution >= 4 is 41.3 Å². The summed E-state index contributed by atoms with van der Waals surface area (Å²) >= 11 is 1.66. The van der Waals surface area contributed by atoms with Crippen LogP contribution in [0.1, 0.15) is 71.9 Å². The summed E-state index contributed by atoms with van der Waals surface area (Å²) in [6, 6.07) is 2.92. The molecule has 3 aliphatic heterocycles. The second kappa shape index (κ2) is 17.3. The van der Waals surface area contributed by atoms with Crippen LogP contribution in [0.2, 0.25) is 0 Å². The predicted molar refractivity (Wildman–Crippen MR) is 203 cm³/mol. The molecule has 3 heterocycles. The van der Waals surface area contributed by atoms with E-state index in [-0.39, 0.29) is 31.1 Å². The summed E-state index contributed by atoms with van der Waals surface area (Å²) in [6.45, 7) is 13.1. The van der Waals surface area contributed by atoms with Gasteiger partial charge in [-0.3, -0.25) is 14.9 Å². The van der Waals surface area contributed by atoms with E-state index in [1.54, 1.807) is 59.0 Å². The molecule has 1 aromatic rings. The van der Waals surface area contributed by atoms with Crippen molar-refractivity contribution in [2.24, 2.45) is 5.92 Å². The number of hydrogen-bond donors (Lipinski definition) is 2. The first-order valence-corrected chi connectivity index (χ1v) is 19.2. The van der Waals surface area contributed by atoms with Gasteiger partial charge in [0.25, 0.3) is 0 Å². The molecule has 0 saturated carbocycles. The number of nitrogens with zero attached hydrogens (tertiary/aromatic N) is 2. The van der Waals surface area contributed by atoms with Gasteiger partial charge in [0.1, 0.15) is 35.7 Å². The number of esters is 1.